The lowest BCUT2D eigenvalue weighted by molar-refractivity contribution is -0.124. The standard InChI is InChI=1S/C19H25N3O2/c1-12-10-22-7-3-4-17(19(22)20-12)24-11-18(23)21-13(2)16-9-14-5-6-15(16)8-14/h3-4,7,10,13-16H,5-6,8-9,11H2,1-2H3,(H,21,23). The van der Waals surface area contributed by atoms with Gasteiger partial charge in [-0.15, -0.1) is 0 Å². The van der Waals surface area contributed by atoms with E-state index in [0.717, 1.165) is 23.2 Å². The van der Waals surface area contributed by atoms with Gasteiger partial charge in [0.05, 0.1) is 5.69 Å². The van der Waals surface area contributed by atoms with Crippen molar-refractivity contribution in [1.82, 2.24) is 14.7 Å². The third-order valence-corrected chi connectivity index (χ3v) is 5.75. The van der Waals surface area contributed by atoms with Crippen molar-refractivity contribution < 1.29 is 9.53 Å². The molecule has 128 valence electrons. The van der Waals surface area contributed by atoms with Crippen molar-refractivity contribution >= 4 is 11.6 Å². The van der Waals surface area contributed by atoms with Crippen LogP contribution in [0.3, 0.4) is 0 Å². The van der Waals surface area contributed by atoms with Crippen molar-refractivity contribution in [2.45, 2.75) is 45.6 Å². The lowest BCUT2D eigenvalue weighted by Crippen LogP contribution is -2.42. The topological polar surface area (TPSA) is 55.6 Å². The summed E-state index contributed by atoms with van der Waals surface area (Å²) in [4.78, 5) is 16.7. The van der Waals surface area contributed by atoms with Gasteiger partial charge in [-0.05, 0) is 63.0 Å². The molecule has 2 fully saturated rings. The Morgan fingerprint density at radius 2 is 2.33 bits per heavy atom. The first-order chi connectivity index (χ1) is 11.6. The van der Waals surface area contributed by atoms with Crippen LogP contribution in [0.5, 0.6) is 5.75 Å². The Balaban J connectivity index is 1.34. The van der Waals surface area contributed by atoms with Crippen molar-refractivity contribution in [3.63, 3.8) is 0 Å². The molecule has 0 spiro atoms. The van der Waals surface area contributed by atoms with E-state index in [1.165, 1.54) is 25.7 Å². The number of nitrogens with one attached hydrogen (secondary N) is 1. The van der Waals surface area contributed by atoms with Crippen LogP contribution in [0, 0.1) is 24.7 Å². The molecule has 5 heteroatoms. The van der Waals surface area contributed by atoms with E-state index in [1.807, 2.05) is 35.9 Å². The van der Waals surface area contributed by atoms with Gasteiger partial charge in [-0.2, -0.15) is 0 Å². The number of carbonyl (C=O) groups excluding carboxylic acids is 1. The maximum atomic E-state index is 12.3. The van der Waals surface area contributed by atoms with Crippen molar-refractivity contribution in [2.75, 3.05) is 6.61 Å². The fourth-order valence-corrected chi connectivity index (χ4v) is 4.67. The first-order valence-corrected chi connectivity index (χ1v) is 8.96. The lowest BCUT2D eigenvalue weighted by atomic mass is 9.84. The summed E-state index contributed by atoms with van der Waals surface area (Å²) >= 11 is 0. The number of fused-ring (bicyclic) bond motifs is 3. The molecule has 5 nitrogen and oxygen atoms in total. The molecule has 2 aliphatic carbocycles. The molecule has 1 N–H and O–H groups in total. The Bertz CT molecular complexity index is 754. The minimum atomic E-state index is -0.0458. The monoisotopic (exact) mass is 327 g/mol. The molecule has 4 atom stereocenters. The third-order valence-electron chi connectivity index (χ3n) is 5.75. The number of pyridine rings is 1. The molecule has 1 amide bonds. The summed E-state index contributed by atoms with van der Waals surface area (Å²) in [6, 6.07) is 3.99. The van der Waals surface area contributed by atoms with Crippen LogP contribution in [0.1, 0.15) is 38.3 Å². The highest BCUT2D eigenvalue weighted by Gasteiger charge is 2.42. The Kier molecular flexibility index (Phi) is 3.94. The average molecular weight is 327 g/mol. The van der Waals surface area contributed by atoms with Crippen LogP contribution in [0.15, 0.2) is 24.5 Å². The normalized spacial score (nSPS) is 26.7. The number of ether oxygens (including phenoxy) is 1. The number of nitrogens with zero attached hydrogens (tertiary/aromatic N) is 2. The lowest BCUT2D eigenvalue weighted by Gasteiger charge is -2.28. The van der Waals surface area contributed by atoms with Gasteiger partial charge in [0, 0.05) is 18.4 Å². The molecule has 2 aromatic heterocycles. The van der Waals surface area contributed by atoms with Gasteiger partial charge in [0.25, 0.3) is 5.91 Å². The van der Waals surface area contributed by atoms with Crippen molar-refractivity contribution in [3.8, 4) is 5.75 Å². The summed E-state index contributed by atoms with van der Waals surface area (Å²) in [7, 11) is 0. The quantitative estimate of drug-likeness (QED) is 0.918. The van der Waals surface area contributed by atoms with Crippen LogP contribution in [0.2, 0.25) is 0 Å². The predicted molar refractivity (Wildman–Crippen MR) is 92.0 cm³/mol. The van der Waals surface area contributed by atoms with Gasteiger partial charge in [-0.3, -0.25) is 4.79 Å². The molecule has 2 bridgehead atoms. The minimum Gasteiger partial charge on any atom is -0.480 e. The molecule has 0 radical (unpaired) electrons. The Hall–Kier alpha value is -2.04. The predicted octanol–water partition coefficient (Wildman–Crippen LogP) is 2.96. The van der Waals surface area contributed by atoms with Gasteiger partial charge in [0.15, 0.2) is 18.0 Å². The van der Waals surface area contributed by atoms with Gasteiger partial charge in [-0.1, -0.05) is 6.42 Å². The van der Waals surface area contributed by atoms with E-state index in [-0.39, 0.29) is 18.6 Å². The van der Waals surface area contributed by atoms with Gasteiger partial charge < -0.3 is 14.5 Å². The molecular formula is C19H25N3O2. The van der Waals surface area contributed by atoms with Crippen LogP contribution in [0.4, 0.5) is 0 Å². The number of imidazole rings is 1. The minimum absolute atomic E-state index is 0.0384. The second-order valence-electron chi connectivity index (χ2n) is 7.47. The molecule has 0 aliphatic heterocycles. The van der Waals surface area contributed by atoms with Crippen molar-refractivity contribution in [1.29, 1.82) is 0 Å². The fourth-order valence-electron chi connectivity index (χ4n) is 4.67. The number of rotatable bonds is 5. The second kappa shape index (κ2) is 6.11. The smallest absolute Gasteiger partial charge is 0.258 e. The second-order valence-corrected chi connectivity index (χ2v) is 7.47. The van der Waals surface area contributed by atoms with E-state index in [4.69, 9.17) is 4.74 Å². The van der Waals surface area contributed by atoms with E-state index in [0.29, 0.717) is 11.7 Å². The first-order valence-electron chi connectivity index (χ1n) is 8.96. The van der Waals surface area contributed by atoms with E-state index >= 15 is 0 Å². The number of aryl methyl sites for hydroxylation is 1. The van der Waals surface area contributed by atoms with Crippen molar-refractivity contribution in [2.24, 2.45) is 17.8 Å². The Morgan fingerprint density at radius 3 is 3.08 bits per heavy atom. The zero-order valence-corrected chi connectivity index (χ0v) is 14.4. The Labute approximate surface area is 142 Å². The maximum Gasteiger partial charge on any atom is 0.258 e. The highest BCUT2D eigenvalue weighted by Crippen LogP contribution is 2.49. The van der Waals surface area contributed by atoms with Crippen LogP contribution in [0.25, 0.3) is 5.65 Å². The van der Waals surface area contributed by atoms with E-state index in [1.54, 1.807) is 0 Å². The summed E-state index contributed by atoms with van der Waals surface area (Å²) in [5.41, 5.74) is 1.68. The van der Waals surface area contributed by atoms with Gasteiger partial charge in [-0.25, -0.2) is 4.98 Å². The molecule has 24 heavy (non-hydrogen) atoms. The molecular weight excluding hydrogens is 302 g/mol. The van der Waals surface area contributed by atoms with Gasteiger partial charge in [0.1, 0.15) is 0 Å². The molecule has 0 aromatic carbocycles. The van der Waals surface area contributed by atoms with Crippen LogP contribution in [-0.2, 0) is 4.79 Å². The molecule has 0 saturated heterocycles. The first kappa shape index (κ1) is 15.5. The van der Waals surface area contributed by atoms with E-state index in [2.05, 4.69) is 17.2 Å². The maximum absolute atomic E-state index is 12.3. The summed E-state index contributed by atoms with van der Waals surface area (Å²) in [6.07, 6.45) is 9.24. The number of carbonyl (C=O) groups is 1. The zero-order valence-electron chi connectivity index (χ0n) is 14.4. The van der Waals surface area contributed by atoms with Gasteiger partial charge in [0.2, 0.25) is 0 Å². The summed E-state index contributed by atoms with van der Waals surface area (Å²) in [6.45, 7) is 4.12. The zero-order chi connectivity index (χ0) is 16.7. The summed E-state index contributed by atoms with van der Waals surface area (Å²) in [5.74, 6) is 2.96. The molecule has 4 unspecified atom stereocenters. The fraction of sp³-hybridized carbons (Fsp3) is 0.579. The third kappa shape index (κ3) is 2.87. The van der Waals surface area contributed by atoms with Gasteiger partial charge >= 0.3 is 0 Å². The highest BCUT2D eigenvalue weighted by atomic mass is 16.5. The largest absolute Gasteiger partial charge is 0.480 e. The number of hydrogen-bond acceptors (Lipinski definition) is 3. The molecule has 2 heterocycles. The van der Waals surface area contributed by atoms with E-state index < -0.39 is 0 Å². The molecule has 2 aliphatic rings. The van der Waals surface area contributed by atoms with Crippen LogP contribution >= 0.6 is 0 Å². The van der Waals surface area contributed by atoms with Crippen molar-refractivity contribution in [3.05, 3.63) is 30.2 Å². The average Bonchev–Trinajstić information content (AvgIpc) is 3.26. The SMILES string of the molecule is Cc1cn2cccc(OCC(=O)NC(C)C3CC4CCC3C4)c2n1. The molecule has 4 rings (SSSR count). The number of hydrogen-bond donors (Lipinski definition) is 1. The van der Waals surface area contributed by atoms with E-state index in [9.17, 15) is 4.79 Å². The molecule has 2 saturated carbocycles. The number of amides is 1. The molecule has 2 aromatic rings. The Morgan fingerprint density at radius 1 is 1.46 bits per heavy atom. The van der Waals surface area contributed by atoms with Crippen LogP contribution in [-0.4, -0.2) is 27.9 Å². The highest BCUT2D eigenvalue weighted by molar-refractivity contribution is 5.78. The van der Waals surface area contributed by atoms with Crippen LogP contribution < -0.4 is 10.1 Å². The summed E-state index contributed by atoms with van der Waals surface area (Å²) < 4.78 is 7.64. The number of aromatic nitrogens is 2. The summed E-state index contributed by atoms with van der Waals surface area (Å²) in [5, 5.41) is 3.14.